The Morgan fingerprint density at radius 1 is 0.926 bits per heavy atom. The second kappa shape index (κ2) is 7.55. The molecule has 0 saturated carbocycles. The van der Waals surface area contributed by atoms with Crippen molar-refractivity contribution in [3.63, 3.8) is 0 Å². The fourth-order valence-corrected chi connectivity index (χ4v) is 3.39. The third-order valence-electron chi connectivity index (χ3n) is 4.69. The minimum absolute atomic E-state index is 0.0851. The van der Waals surface area contributed by atoms with Crippen molar-refractivity contribution in [3.05, 3.63) is 76.6 Å². The van der Waals surface area contributed by atoms with Crippen LogP contribution in [0.3, 0.4) is 0 Å². The second-order valence-corrected chi connectivity index (χ2v) is 6.52. The van der Waals surface area contributed by atoms with Crippen molar-refractivity contribution in [3.8, 4) is 22.4 Å². The van der Waals surface area contributed by atoms with Gasteiger partial charge in [-0.25, -0.2) is 10.1 Å². The van der Waals surface area contributed by atoms with E-state index in [9.17, 15) is 9.59 Å². The van der Waals surface area contributed by atoms with E-state index in [0.717, 1.165) is 37.1 Å². The van der Waals surface area contributed by atoms with Crippen LogP contribution in [-0.4, -0.2) is 34.2 Å². The van der Waals surface area contributed by atoms with Crippen LogP contribution in [0, 0.1) is 0 Å². The van der Waals surface area contributed by atoms with Crippen LogP contribution in [-0.2, 0) is 0 Å². The molecule has 1 aromatic heterocycles. The lowest BCUT2D eigenvalue weighted by atomic mass is 9.95. The lowest BCUT2D eigenvalue weighted by Gasteiger charge is -2.18. The summed E-state index contributed by atoms with van der Waals surface area (Å²) in [6.07, 6.45) is 2.07. The van der Waals surface area contributed by atoms with E-state index in [2.05, 4.69) is 15.6 Å². The van der Waals surface area contributed by atoms with Crippen LogP contribution in [0.4, 0.5) is 0 Å². The molecule has 1 amide bonds. The summed E-state index contributed by atoms with van der Waals surface area (Å²) in [5, 5.41) is 8.63. The van der Waals surface area contributed by atoms with E-state index in [-0.39, 0.29) is 5.56 Å². The molecule has 1 aliphatic rings. The maximum atomic E-state index is 13.0. The van der Waals surface area contributed by atoms with Crippen molar-refractivity contribution < 1.29 is 4.79 Å². The number of carbonyl (C=O) groups excluding carboxylic acids is 1. The molecule has 2 aromatic carbocycles. The zero-order valence-electron chi connectivity index (χ0n) is 14.8. The van der Waals surface area contributed by atoms with Gasteiger partial charge in [0.15, 0.2) is 0 Å². The van der Waals surface area contributed by atoms with Crippen LogP contribution in [0.25, 0.3) is 22.4 Å². The third kappa shape index (κ3) is 3.52. The Morgan fingerprint density at radius 2 is 1.52 bits per heavy atom. The molecule has 1 saturated heterocycles. The highest BCUT2D eigenvalue weighted by Crippen LogP contribution is 2.31. The Labute approximate surface area is 156 Å². The summed E-state index contributed by atoms with van der Waals surface area (Å²) in [5.41, 5.74) is 5.20. The molecule has 136 valence electrons. The van der Waals surface area contributed by atoms with Crippen LogP contribution < -0.4 is 11.0 Å². The molecule has 1 fully saturated rings. The fourth-order valence-electron chi connectivity index (χ4n) is 3.39. The van der Waals surface area contributed by atoms with Gasteiger partial charge in [0.2, 0.25) is 0 Å². The van der Waals surface area contributed by atoms with Crippen LogP contribution in [0.15, 0.2) is 65.5 Å². The predicted octanol–water partition coefficient (Wildman–Crippen LogP) is 2.84. The van der Waals surface area contributed by atoms with E-state index in [1.54, 1.807) is 0 Å². The Balaban J connectivity index is 1.89. The van der Waals surface area contributed by atoms with Gasteiger partial charge in [0.05, 0.1) is 5.69 Å². The standard InChI is InChI=1S/C21H20N4O2/c26-20-18(21(27)24-25-13-7-8-14-25)17(15-9-3-1-4-10-15)19(22-23-20)16-11-5-2-6-12-16/h1-6,9-12H,7-8,13-14H2,(H,23,26)(H,24,27). The van der Waals surface area contributed by atoms with Crippen LogP contribution in [0.5, 0.6) is 0 Å². The number of aromatic nitrogens is 2. The number of aromatic amines is 1. The van der Waals surface area contributed by atoms with Gasteiger partial charge in [-0.05, 0) is 18.4 Å². The number of nitrogens with one attached hydrogen (secondary N) is 2. The number of amides is 1. The molecule has 27 heavy (non-hydrogen) atoms. The summed E-state index contributed by atoms with van der Waals surface area (Å²) in [4.78, 5) is 25.6. The van der Waals surface area contributed by atoms with Gasteiger partial charge in [0.1, 0.15) is 5.56 Å². The summed E-state index contributed by atoms with van der Waals surface area (Å²) in [6.45, 7) is 1.59. The van der Waals surface area contributed by atoms with Crippen molar-refractivity contribution in [2.24, 2.45) is 0 Å². The predicted molar refractivity (Wildman–Crippen MR) is 104 cm³/mol. The van der Waals surface area contributed by atoms with E-state index in [1.807, 2.05) is 65.7 Å². The summed E-state index contributed by atoms with van der Waals surface area (Å²) in [7, 11) is 0. The van der Waals surface area contributed by atoms with Crippen molar-refractivity contribution in [2.75, 3.05) is 13.1 Å². The topological polar surface area (TPSA) is 78.1 Å². The molecule has 2 heterocycles. The molecular weight excluding hydrogens is 340 g/mol. The molecule has 3 aromatic rings. The third-order valence-corrected chi connectivity index (χ3v) is 4.69. The van der Waals surface area contributed by atoms with Gasteiger partial charge in [-0.3, -0.25) is 15.0 Å². The lowest BCUT2D eigenvalue weighted by molar-refractivity contribution is 0.0824. The summed E-state index contributed by atoms with van der Waals surface area (Å²) in [5.74, 6) is -0.406. The average molecular weight is 360 g/mol. The molecule has 1 aliphatic heterocycles. The van der Waals surface area contributed by atoms with Crippen molar-refractivity contribution in [2.45, 2.75) is 12.8 Å². The first-order chi connectivity index (χ1) is 13.2. The zero-order valence-corrected chi connectivity index (χ0v) is 14.8. The molecule has 4 rings (SSSR count). The van der Waals surface area contributed by atoms with E-state index in [1.165, 1.54) is 0 Å². The quantitative estimate of drug-likeness (QED) is 0.750. The number of H-pyrrole nitrogens is 1. The van der Waals surface area contributed by atoms with Crippen molar-refractivity contribution >= 4 is 5.91 Å². The molecule has 6 heteroatoms. The number of rotatable bonds is 4. The van der Waals surface area contributed by atoms with Gasteiger partial charge in [0, 0.05) is 24.2 Å². The summed E-state index contributed by atoms with van der Waals surface area (Å²) >= 11 is 0. The van der Waals surface area contributed by atoms with Gasteiger partial charge in [0.25, 0.3) is 11.5 Å². The monoisotopic (exact) mass is 360 g/mol. The average Bonchev–Trinajstić information content (AvgIpc) is 3.22. The Hall–Kier alpha value is -3.25. The Kier molecular flexibility index (Phi) is 4.80. The van der Waals surface area contributed by atoms with Crippen LogP contribution in [0.1, 0.15) is 23.2 Å². The smallest absolute Gasteiger partial charge is 0.277 e. The zero-order chi connectivity index (χ0) is 18.6. The summed E-state index contributed by atoms with van der Waals surface area (Å²) < 4.78 is 0. The maximum Gasteiger partial charge on any atom is 0.277 e. The molecule has 2 N–H and O–H groups in total. The van der Waals surface area contributed by atoms with Gasteiger partial charge in [-0.15, -0.1) is 0 Å². The highest BCUT2D eigenvalue weighted by molar-refractivity contribution is 6.03. The number of benzene rings is 2. The van der Waals surface area contributed by atoms with Crippen molar-refractivity contribution in [1.82, 2.24) is 20.6 Å². The summed E-state index contributed by atoms with van der Waals surface area (Å²) in [6, 6.07) is 19.0. The molecule has 0 spiro atoms. The van der Waals surface area contributed by atoms with Crippen molar-refractivity contribution in [1.29, 1.82) is 0 Å². The van der Waals surface area contributed by atoms with E-state index in [4.69, 9.17) is 0 Å². The fraction of sp³-hybridized carbons (Fsp3) is 0.190. The molecule has 0 unspecified atom stereocenters. The van der Waals surface area contributed by atoms with E-state index in [0.29, 0.717) is 11.3 Å². The maximum absolute atomic E-state index is 13.0. The highest BCUT2D eigenvalue weighted by Gasteiger charge is 2.25. The Bertz CT molecular complexity index is 994. The first-order valence-corrected chi connectivity index (χ1v) is 9.03. The largest absolute Gasteiger partial charge is 0.285 e. The number of hydrogen-bond acceptors (Lipinski definition) is 4. The number of hydrogen-bond donors (Lipinski definition) is 2. The minimum atomic E-state index is -0.495. The molecule has 6 nitrogen and oxygen atoms in total. The van der Waals surface area contributed by atoms with Gasteiger partial charge in [-0.2, -0.15) is 5.10 Å². The number of carbonyl (C=O) groups is 1. The molecular formula is C21H20N4O2. The number of nitrogens with zero attached hydrogens (tertiary/aromatic N) is 2. The van der Waals surface area contributed by atoms with Crippen LogP contribution in [0.2, 0.25) is 0 Å². The normalized spacial score (nSPS) is 14.2. The van der Waals surface area contributed by atoms with Gasteiger partial charge >= 0.3 is 0 Å². The van der Waals surface area contributed by atoms with E-state index >= 15 is 0 Å². The first-order valence-electron chi connectivity index (χ1n) is 9.03. The molecule has 0 atom stereocenters. The van der Waals surface area contributed by atoms with Gasteiger partial charge in [-0.1, -0.05) is 60.7 Å². The first kappa shape index (κ1) is 17.2. The Morgan fingerprint density at radius 3 is 2.15 bits per heavy atom. The molecule has 0 aliphatic carbocycles. The lowest BCUT2D eigenvalue weighted by Crippen LogP contribution is -2.42. The van der Waals surface area contributed by atoms with Crippen LogP contribution >= 0.6 is 0 Å². The minimum Gasteiger partial charge on any atom is -0.285 e. The number of hydrazine groups is 1. The highest BCUT2D eigenvalue weighted by atomic mass is 16.2. The van der Waals surface area contributed by atoms with E-state index < -0.39 is 11.5 Å². The van der Waals surface area contributed by atoms with Gasteiger partial charge < -0.3 is 0 Å². The molecule has 0 radical (unpaired) electrons. The SMILES string of the molecule is O=C(NN1CCCC1)c1c(-c2ccccc2)c(-c2ccccc2)n[nH]c1=O. The molecule has 0 bridgehead atoms. The second-order valence-electron chi connectivity index (χ2n) is 6.52.